The summed E-state index contributed by atoms with van der Waals surface area (Å²) in [6.45, 7) is 0. The molecule has 10 rings (SSSR count). The molecule has 1 heterocycles. The lowest BCUT2D eigenvalue weighted by Gasteiger charge is -2.39. The van der Waals surface area contributed by atoms with Gasteiger partial charge >= 0.3 is 0 Å². The highest BCUT2D eigenvalue weighted by Crippen LogP contribution is 2.80. The Morgan fingerprint density at radius 2 is 0.632 bits per heavy atom. The fraction of sp³-hybridized carbons (Fsp3) is 0. The van der Waals surface area contributed by atoms with Crippen molar-refractivity contribution < 1.29 is 4.39 Å². The fourth-order valence-electron chi connectivity index (χ4n) is 8.28. The number of hydrogen-bond donors (Lipinski definition) is 0. The summed E-state index contributed by atoms with van der Waals surface area (Å²) >= 11 is 0. The van der Waals surface area contributed by atoms with E-state index in [0.29, 0.717) is 0 Å². The predicted octanol–water partition coefficient (Wildman–Crippen LogP) is 15.6. The van der Waals surface area contributed by atoms with Crippen LogP contribution in [0.2, 0.25) is 0 Å². The van der Waals surface area contributed by atoms with Crippen LogP contribution in [0.5, 0.6) is 0 Å². The molecule has 1 nitrogen and oxygen atoms in total. The van der Waals surface area contributed by atoms with Crippen molar-refractivity contribution in [2.24, 2.45) is 0 Å². The van der Waals surface area contributed by atoms with Crippen LogP contribution < -0.4 is 4.90 Å². The van der Waals surface area contributed by atoms with Gasteiger partial charge in [0.2, 0.25) is 0 Å². The highest BCUT2D eigenvalue weighted by Gasteiger charge is 2.42. The smallest absolute Gasteiger partial charge is 0.124 e. The van der Waals surface area contributed by atoms with Crippen LogP contribution in [0.3, 0.4) is 0 Å². The van der Waals surface area contributed by atoms with E-state index in [0.717, 1.165) is 44.2 Å². The van der Waals surface area contributed by atoms with Crippen LogP contribution in [0, 0.1) is 5.82 Å². The monoisotopic (exact) mass is 751 g/mol. The van der Waals surface area contributed by atoms with E-state index in [2.05, 4.69) is 217 Å². The van der Waals surface area contributed by atoms with Gasteiger partial charge in [-0.3, -0.25) is 0 Å². The van der Waals surface area contributed by atoms with E-state index in [9.17, 15) is 0 Å². The third-order valence-electron chi connectivity index (χ3n) is 11.0. The zero-order valence-corrected chi connectivity index (χ0v) is 32.0. The summed E-state index contributed by atoms with van der Waals surface area (Å²) in [5, 5.41) is 0. The number of nitrogens with zero attached hydrogens (tertiary/aromatic N) is 1. The molecule has 0 saturated heterocycles. The van der Waals surface area contributed by atoms with Crippen molar-refractivity contribution in [3.05, 3.63) is 236 Å². The molecule has 0 aromatic heterocycles. The molecule has 0 spiro atoms. The van der Waals surface area contributed by atoms with Crippen molar-refractivity contribution in [1.82, 2.24) is 0 Å². The molecule has 3 heteroatoms. The largest absolute Gasteiger partial charge is 0.311 e. The maximum Gasteiger partial charge on any atom is 0.124 e. The first-order chi connectivity index (χ1) is 28.2. The van der Waals surface area contributed by atoms with Gasteiger partial charge in [-0.15, -0.1) is 10.0 Å². The summed E-state index contributed by atoms with van der Waals surface area (Å²) < 4.78 is 15.3. The first-order valence-corrected chi connectivity index (χ1v) is 20.9. The van der Waals surface area contributed by atoms with Crippen molar-refractivity contribution in [3.8, 4) is 44.5 Å². The van der Waals surface area contributed by atoms with Gasteiger partial charge in [-0.1, -0.05) is 152 Å². The molecule has 9 aromatic rings. The van der Waals surface area contributed by atoms with E-state index in [1.165, 1.54) is 36.9 Å². The SMILES string of the molecule is Fc1ccc2c(c1)S(c1ccccc1)(c1ccccc1)c1cc(-c3ccc(N(c4ccc(-c5ccccc5)cc4)c4ccc(-c5ccccc5)cc4)cc3)ccc1-2. The molecule has 0 amide bonds. The van der Waals surface area contributed by atoms with Crippen LogP contribution in [0.15, 0.2) is 250 Å². The molecular weight excluding hydrogens is 714 g/mol. The second kappa shape index (κ2) is 14.6. The van der Waals surface area contributed by atoms with E-state index < -0.39 is 10.0 Å². The summed E-state index contributed by atoms with van der Waals surface area (Å²) in [6, 6.07) is 81.0. The van der Waals surface area contributed by atoms with Crippen LogP contribution in [-0.4, -0.2) is 0 Å². The first kappa shape index (κ1) is 34.5. The number of halogens is 1. The topological polar surface area (TPSA) is 3.24 Å². The third-order valence-corrected chi connectivity index (χ3v) is 14.9. The maximum absolute atomic E-state index is 15.3. The van der Waals surface area contributed by atoms with Gasteiger partial charge in [0, 0.05) is 36.6 Å². The Kier molecular flexibility index (Phi) is 8.86. The Hall–Kier alpha value is -6.94. The van der Waals surface area contributed by atoms with Crippen molar-refractivity contribution >= 4 is 27.1 Å². The van der Waals surface area contributed by atoms with Gasteiger partial charge < -0.3 is 4.90 Å². The van der Waals surface area contributed by atoms with E-state index in [1.54, 1.807) is 12.1 Å². The van der Waals surface area contributed by atoms with Crippen LogP contribution >= 0.6 is 10.0 Å². The van der Waals surface area contributed by atoms with Gasteiger partial charge in [0.05, 0.1) is 0 Å². The lowest BCUT2D eigenvalue weighted by molar-refractivity contribution is 0.624. The lowest BCUT2D eigenvalue weighted by Crippen LogP contribution is -2.09. The molecule has 272 valence electrons. The number of rotatable bonds is 8. The van der Waals surface area contributed by atoms with Crippen molar-refractivity contribution in [2.75, 3.05) is 4.90 Å². The summed E-state index contributed by atoms with van der Waals surface area (Å²) in [5.41, 5.74) is 12.5. The molecule has 0 N–H and O–H groups in total. The van der Waals surface area contributed by atoms with Crippen LogP contribution in [0.1, 0.15) is 0 Å². The zero-order valence-electron chi connectivity index (χ0n) is 31.2. The van der Waals surface area contributed by atoms with E-state index in [4.69, 9.17) is 0 Å². The van der Waals surface area contributed by atoms with Gasteiger partial charge in [-0.2, -0.15) is 0 Å². The van der Waals surface area contributed by atoms with Crippen LogP contribution in [-0.2, 0) is 0 Å². The molecule has 1 aliphatic rings. The second-order valence-corrected chi connectivity index (χ2v) is 17.3. The lowest BCUT2D eigenvalue weighted by atomic mass is 10.00. The third kappa shape index (κ3) is 6.14. The molecule has 0 radical (unpaired) electrons. The van der Waals surface area contributed by atoms with E-state index >= 15 is 4.39 Å². The molecule has 0 aliphatic carbocycles. The molecule has 0 unspecified atom stereocenters. The minimum absolute atomic E-state index is 0.213. The standard InChI is InChI=1S/C54H38FNS/c55-45-28-36-52-51-35-27-44(37-53(51)57(54(52)38-45,49-17-9-3-10-18-49)50-19-11-4-12-20-50)43-25-33-48(34-26-43)56(46-29-21-41(22-30-46)39-13-5-1-6-14-39)47-31-23-42(24-32-47)40-15-7-2-8-16-40/h1-38H. The Bertz CT molecular complexity index is 2680. The summed E-state index contributed by atoms with van der Waals surface area (Å²) in [7, 11) is -1.98. The van der Waals surface area contributed by atoms with Gasteiger partial charge in [-0.25, -0.2) is 4.39 Å². The summed E-state index contributed by atoms with van der Waals surface area (Å²) in [5.74, 6) is -0.213. The number of fused-ring (bicyclic) bond motifs is 3. The fourth-order valence-corrected chi connectivity index (χ4v) is 12.5. The highest BCUT2D eigenvalue weighted by atomic mass is 32.3. The average Bonchev–Trinajstić information content (AvgIpc) is 3.58. The molecule has 0 fully saturated rings. The minimum atomic E-state index is -1.98. The molecule has 0 saturated carbocycles. The van der Waals surface area contributed by atoms with E-state index in [1.807, 2.05) is 6.07 Å². The van der Waals surface area contributed by atoms with Gasteiger partial charge in [0.25, 0.3) is 0 Å². The van der Waals surface area contributed by atoms with Crippen molar-refractivity contribution in [3.63, 3.8) is 0 Å². The number of anilines is 3. The van der Waals surface area contributed by atoms with Crippen LogP contribution in [0.25, 0.3) is 44.5 Å². The van der Waals surface area contributed by atoms with E-state index in [-0.39, 0.29) is 5.82 Å². The molecule has 9 aromatic carbocycles. The average molecular weight is 752 g/mol. The number of benzene rings is 9. The zero-order chi connectivity index (χ0) is 38.2. The van der Waals surface area contributed by atoms with Crippen molar-refractivity contribution in [1.29, 1.82) is 0 Å². The Morgan fingerprint density at radius 1 is 0.298 bits per heavy atom. The number of hydrogen-bond acceptors (Lipinski definition) is 1. The first-order valence-electron chi connectivity index (χ1n) is 19.3. The molecule has 1 aliphatic heterocycles. The second-order valence-electron chi connectivity index (χ2n) is 14.3. The van der Waals surface area contributed by atoms with Crippen LogP contribution in [0.4, 0.5) is 21.5 Å². The predicted molar refractivity (Wildman–Crippen MR) is 236 cm³/mol. The maximum atomic E-state index is 15.3. The molecule has 0 bridgehead atoms. The van der Waals surface area contributed by atoms with Gasteiger partial charge in [0.15, 0.2) is 0 Å². The molecular formula is C54H38FNS. The summed E-state index contributed by atoms with van der Waals surface area (Å²) in [6.07, 6.45) is 0. The summed E-state index contributed by atoms with van der Waals surface area (Å²) in [4.78, 5) is 7.00. The Balaban J connectivity index is 1.07. The quantitative estimate of drug-likeness (QED) is 0.149. The Labute approximate surface area is 335 Å². The highest BCUT2D eigenvalue weighted by molar-refractivity contribution is 8.34. The van der Waals surface area contributed by atoms with Gasteiger partial charge in [0.1, 0.15) is 5.82 Å². The minimum Gasteiger partial charge on any atom is -0.311 e. The normalized spacial score (nSPS) is 13.0. The Morgan fingerprint density at radius 3 is 1.07 bits per heavy atom. The molecule has 0 atom stereocenters. The van der Waals surface area contributed by atoms with Crippen molar-refractivity contribution in [2.45, 2.75) is 19.6 Å². The molecule has 57 heavy (non-hydrogen) atoms. The van der Waals surface area contributed by atoms with Gasteiger partial charge in [-0.05, 0) is 123 Å².